The first-order valence-corrected chi connectivity index (χ1v) is 7.02. The summed E-state index contributed by atoms with van der Waals surface area (Å²) < 4.78 is 13.9. The highest BCUT2D eigenvalue weighted by Crippen LogP contribution is 2.19. The van der Waals surface area contributed by atoms with Gasteiger partial charge in [0.1, 0.15) is 10.8 Å². The SMILES string of the molecule is Cc1cccc(C(=O)NC(C)c2nc(C(=O)O)cs2)c1F. The minimum atomic E-state index is -1.12. The Balaban J connectivity index is 2.14. The van der Waals surface area contributed by atoms with Gasteiger partial charge in [-0.1, -0.05) is 12.1 Å². The topological polar surface area (TPSA) is 79.3 Å². The highest BCUT2D eigenvalue weighted by Gasteiger charge is 2.19. The van der Waals surface area contributed by atoms with Crippen LogP contribution in [0.25, 0.3) is 0 Å². The van der Waals surface area contributed by atoms with Crippen molar-refractivity contribution < 1.29 is 19.1 Å². The van der Waals surface area contributed by atoms with Crippen molar-refractivity contribution in [2.45, 2.75) is 19.9 Å². The van der Waals surface area contributed by atoms with Crippen molar-refractivity contribution in [1.29, 1.82) is 0 Å². The fourth-order valence-electron chi connectivity index (χ4n) is 1.74. The molecule has 0 aliphatic rings. The van der Waals surface area contributed by atoms with Crippen LogP contribution in [-0.2, 0) is 0 Å². The first kappa shape index (κ1) is 15.1. The smallest absolute Gasteiger partial charge is 0.355 e. The molecule has 1 unspecified atom stereocenters. The van der Waals surface area contributed by atoms with Crippen molar-refractivity contribution in [3.8, 4) is 0 Å². The van der Waals surface area contributed by atoms with Gasteiger partial charge in [0.25, 0.3) is 5.91 Å². The van der Waals surface area contributed by atoms with Crippen LogP contribution in [0.2, 0.25) is 0 Å². The molecule has 0 aliphatic carbocycles. The Morgan fingerprint density at radius 3 is 2.76 bits per heavy atom. The Hall–Kier alpha value is -2.28. The van der Waals surface area contributed by atoms with E-state index in [0.29, 0.717) is 10.6 Å². The maximum Gasteiger partial charge on any atom is 0.355 e. The quantitative estimate of drug-likeness (QED) is 0.910. The van der Waals surface area contributed by atoms with Gasteiger partial charge in [-0.3, -0.25) is 4.79 Å². The summed E-state index contributed by atoms with van der Waals surface area (Å²) in [6.07, 6.45) is 0. The lowest BCUT2D eigenvalue weighted by molar-refractivity contribution is 0.0691. The number of thiazole rings is 1. The van der Waals surface area contributed by atoms with Crippen LogP contribution in [0.1, 0.15) is 44.4 Å². The van der Waals surface area contributed by atoms with Crippen molar-refractivity contribution in [2.24, 2.45) is 0 Å². The maximum atomic E-state index is 13.9. The van der Waals surface area contributed by atoms with E-state index in [-0.39, 0.29) is 11.3 Å². The fraction of sp³-hybridized carbons (Fsp3) is 0.214. The number of nitrogens with zero attached hydrogens (tertiary/aromatic N) is 1. The van der Waals surface area contributed by atoms with Crippen LogP contribution in [0.5, 0.6) is 0 Å². The number of benzene rings is 1. The number of aromatic carboxylic acids is 1. The van der Waals surface area contributed by atoms with E-state index in [9.17, 15) is 14.0 Å². The molecular weight excluding hydrogens is 295 g/mol. The molecule has 110 valence electrons. The van der Waals surface area contributed by atoms with E-state index in [2.05, 4.69) is 10.3 Å². The molecule has 1 aromatic carbocycles. The normalized spacial score (nSPS) is 12.0. The lowest BCUT2D eigenvalue weighted by Crippen LogP contribution is -2.27. The third-order valence-corrected chi connectivity index (χ3v) is 3.92. The van der Waals surface area contributed by atoms with Gasteiger partial charge in [-0.15, -0.1) is 11.3 Å². The van der Waals surface area contributed by atoms with Gasteiger partial charge >= 0.3 is 5.97 Å². The summed E-state index contributed by atoms with van der Waals surface area (Å²) >= 11 is 1.13. The van der Waals surface area contributed by atoms with Gasteiger partial charge in [-0.05, 0) is 25.5 Å². The molecule has 1 atom stereocenters. The monoisotopic (exact) mass is 308 g/mol. The number of carbonyl (C=O) groups excluding carboxylic acids is 1. The molecule has 0 saturated carbocycles. The number of carboxylic acid groups (broad SMARTS) is 1. The summed E-state index contributed by atoms with van der Waals surface area (Å²) in [5, 5.41) is 13.3. The number of aryl methyl sites for hydroxylation is 1. The predicted molar refractivity (Wildman–Crippen MR) is 76.1 cm³/mol. The Kier molecular flexibility index (Phi) is 4.32. The van der Waals surface area contributed by atoms with Crippen LogP contribution in [0.15, 0.2) is 23.6 Å². The van der Waals surface area contributed by atoms with Gasteiger partial charge in [0.2, 0.25) is 0 Å². The summed E-state index contributed by atoms with van der Waals surface area (Å²) in [6.45, 7) is 3.24. The maximum absolute atomic E-state index is 13.9. The molecule has 1 amide bonds. The number of carbonyl (C=O) groups is 2. The number of hydrogen-bond acceptors (Lipinski definition) is 4. The molecular formula is C14H13FN2O3S. The van der Waals surface area contributed by atoms with Crippen molar-refractivity contribution >= 4 is 23.2 Å². The van der Waals surface area contributed by atoms with Crippen LogP contribution in [0, 0.1) is 12.7 Å². The van der Waals surface area contributed by atoms with E-state index in [4.69, 9.17) is 5.11 Å². The molecule has 1 heterocycles. The van der Waals surface area contributed by atoms with E-state index < -0.39 is 23.7 Å². The second-order valence-corrected chi connectivity index (χ2v) is 5.40. The second kappa shape index (κ2) is 6.01. The van der Waals surface area contributed by atoms with Gasteiger partial charge in [0, 0.05) is 5.38 Å². The molecule has 0 spiro atoms. The third kappa shape index (κ3) is 3.25. The van der Waals surface area contributed by atoms with Gasteiger partial charge in [-0.2, -0.15) is 0 Å². The lowest BCUT2D eigenvalue weighted by Gasteiger charge is -2.12. The van der Waals surface area contributed by atoms with Crippen molar-refractivity contribution in [2.75, 3.05) is 0 Å². The highest BCUT2D eigenvalue weighted by molar-refractivity contribution is 7.09. The van der Waals surface area contributed by atoms with E-state index in [0.717, 1.165) is 11.3 Å². The van der Waals surface area contributed by atoms with Crippen LogP contribution >= 0.6 is 11.3 Å². The standard InChI is InChI=1S/C14H13FN2O3S/c1-7-4-3-5-9(11(7)15)12(18)16-8(2)13-17-10(6-21-13)14(19)20/h3-6,8H,1-2H3,(H,16,18)(H,19,20). The molecule has 0 saturated heterocycles. The Bertz CT molecular complexity index is 699. The molecule has 0 aliphatic heterocycles. The predicted octanol–water partition coefficient (Wildman–Crippen LogP) is 2.78. The van der Waals surface area contributed by atoms with E-state index in [1.54, 1.807) is 26.0 Å². The second-order valence-electron chi connectivity index (χ2n) is 4.51. The summed E-state index contributed by atoms with van der Waals surface area (Å²) in [7, 11) is 0. The Morgan fingerprint density at radius 2 is 2.14 bits per heavy atom. The summed E-state index contributed by atoms with van der Waals surface area (Å²) in [4.78, 5) is 26.7. The fourth-order valence-corrected chi connectivity index (χ4v) is 2.54. The molecule has 21 heavy (non-hydrogen) atoms. The number of rotatable bonds is 4. The van der Waals surface area contributed by atoms with E-state index in [1.807, 2.05) is 0 Å². The summed E-state index contributed by atoms with van der Waals surface area (Å²) in [5.41, 5.74) is 0.271. The highest BCUT2D eigenvalue weighted by atomic mass is 32.1. The van der Waals surface area contributed by atoms with Crippen LogP contribution < -0.4 is 5.32 Å². The molecule has 2 aromatic rings. The lowest BCUT2D eigenvalue weighted by atomic mass is 10.1. The van der Waals surface area contributed by atoms with Crippen molar-refractivity contribution in [3.63, 3.8) is 0 Å². The molecule has 2 N–H and O–H groups in total. The van der Waals surface area contributed by atoms with Crippen molar-refractivity contribution in [3.05, 3.63) is 51.2 Å². The number of amides is 1. The van der Waals surface area contributed by atoms with Crippen LogP contribution in [0.4, 0.5) is 4.39 Å². The van der Waals surface area contributed by atoms with Gasteiger partial charge < -0.3 is 10.4 Å². The first-order valence-electron chi connectivity index (χ1n) is 6.15. The van der Waals surface area contributed by atoms with Gasteiger partial charge in [0.05, 0.1) is 11.6 Å². The molecule has 7 heteroatoms. The van der Waals surface area contributed by atoms with E-state index in [1.165, 1.54) is 11.4 Å². The average molecular weight is 308 g/mol. The van der Waals surface area contributed by atoms with Gasteiger partial charge in [-0.25, -0.2) is 14.2 Å². The Morgan fingerprint density at radius 1 is 1.43 bits per heavy atom. The zero-order chi connectivity index (χ0) is 15.6. The number of nitrogens with one attached hydrogen (secondary N) is 1. The molecule has 0 bridgehead atoms. The Labute approximate surface area is 124 Å². The summed E-state index contributed by atoms with van der Waals surface area (Å²) in [5.74, 6) is -2.25. The number of aromatic nitrogens is 1. The summed E-state index contributed by atoms with van der Waals surface area (Å²) in [6, 6.07) is 4.07. The molecule has 5 nitrogen and oxygen atoms in total. The minimum Gasteiger partial charge on any atom is -0.476 e. The number of carboxylic acids is 1. The zero-order valence-electron chi connectivity index (χ0n) is 11.4. The third-order valence-electron chi connectivity index (χ3n) is 2.90. The molecule has 1 aromatic heterocycles. The first-order chi connectivity index (χ1) is 9.90. The van der Waals surface area contributed by atoms with Gasteiger partial charge in [0.15, 0.2) is 5.69 Å². The average Bonchev–Trinajstić information content (AvgIpc) is 2.91. The van der Waals surface area contributed by atoms with Crippen molar-refractivity contribution in [1.82, 2.24) is 10.3 Å². The number of halogens is 1. The largest absolute Gasteiger partial charge is 0.476 e. The number of hydrogen-bond donors (Lipinski definition) is 2. The molecule has 0 radical (unpaired) electrons. The zero-order valence-corrected chi connectivity index (χ0v) is 12.2. The molecule has 0 fully saturated rings. The minimum absolute atomic E-state index is 0.0446. The van der Waals surface area contributed by atoms with Crippen LogP contribution in [-0.4, -0.2) is 22.0 Å². The molecule has 2 rings (SSSR count). The van der Waals surface area contributed by atoms with E-state index >= 15 is 0 Å². The van der Waals surface area contributed by atoms with Crippen LogP contribution in [0.3, 0.4) is 0 Å².